The SMILES string of the molecule is CC(C)(C)CCc1nc(N)c(C#N)c(-c2cccc([N+](=O)[O-])c2)c1C#N. The molecule has 0 amide bonds. The summed E-state index contributed by atoms with van der Waals surface area (Å²) in [5.74, 6) is 0.0249. The van der Waals surface area contributed by atoms with Crippen LogP contribution in [0.25, 0.3) is 11.1 Å². The van der Waals surface area contributed by atoms with Gasteiger partial charge in [-0.25, -0.2) is 4.98 Å². The highest BCUT2D eigenvalue weighted by molar-refractivity contribution is 5.82. The Bertz CT molecular complexity index is 946. The molecule has 1 heterocycles. The van der Waals surface area contributed by atoms with Crippen LogP contribution < -0.4 is 5.73 Å². The molecular formula is C19H19N5O2. The molecule has 0 bridgehead atoms. The van der Waals surface area contributed by atoms with Crippen LogP contribution in [0.15, 0.2) is 24.3 Å². The molecule has 0 atom stereocenters. The van der Waals surface area contributed by atoms with E-state index in [1.165, 1.54) is 18.2 Å². The molecule has 7 nitrogen and oxygen atoms in total. The highest BCUT2D eigenvalue weighted by atomic mass is 16.6. The van der Waals surface area contributed by atoms with Gasteiger partial charge in [0.15, 0.2) is 0 Å². The van der Waals surface area contributed by atoms with E-state index in [0.717, 1.165) is 6.42 Å². The summed E-state index contributed by atoms with van der Waals surface area (Å²) in [5, 5.41) is 30.3. The number of non-ortho nitro benzene ring substituents is 1. The Morgan fingerprint density at radius 2 is 1.88 bits per heavy atom. The van der Waals surface area contributed by atoms with Gasteiger partial charge in [0.1, 0.15) is 23.5 Å². The van der Waals surface area contributed by atoms with Crippen molar-refractivity contribution in [2.24, 2.45) is 5.41 Å². The number of nitro benzene ring substituents is 1. The van der Waals surface area contributed by atoms with Gasteiger partial charge >= 0.3 is 0 Å². The van der Waals surface area contributed by atoms with Crippen LogP contribution in [-0.2, 0) is 6.42 Å². The fourth-order valence-electron chi connectivity index (χ4n) is 2.63. The minimum absolute atomic E-state index is 0.0249. The molecule has 0 fully saturated rings. The first-order valence-electron chi connectivity index (χ1n) is 8.05. The lowest BCUT2D eigenvalue weighted by Gasteiger charge is -2.19. The fraction of sp³-hybridized carbons (Fsp3) is 0.316. The van der Waals surface area contributed by atoms with Crippen molar-refractivity contribution in [3.05, 3.63) is 51.2 Å². The summed E-state index contributed by atoms with van der Waals surface area (Å²) in [6, 6.07) is 9.92. The van der Waals surface area contributed by atoms with Crippen molar-refractivity contribution in [3.8, 4) is 23.3 Å². The van der Waals surface area contributed by atoms with Crippen LogP contribution in [-0.4, -0.2) is 9.91 Å². The van der Waals surface area contributed by atoms with Gasteiger partial charge in [0.2, 0.25) is 0 Å². The topological polar surface area (TPSA) is 130 Å². The predicted octanol–water partition coefficient (Wildman–Crippen LogP) is 3.96. The molecule has 0 radical (unpaired) electrons. The van der Waals surface area contributed by atoms with Gasteiger partial charge in [-0.1, -0.05) is 32.9 Å². The first-order chi connectivity index (χ1) is 12.2. The van der Waals surface area contributed by atoms with Crippen LogP contribution in [0, 0.1) is 38.2 Å². The maximum atomic E-state index is 11.1. The van der Waals surface area contributed by atoms with Crippen LogP contribution in [0.2, 0.25) is 0 Å². The highest BCUT2D eigenvalue weighted by Gasteiger charge is 2.22. The first kappa shape index (κ1) is 18.9. The number of hydrogen-bond donors (Lipinski definition) is 1. The number of nitro groups is 1. The molecule has 7 heteroatoms. The molecule has 0 aliphatic rings. The Hall–Kier alpha value is -3.45. The Morgan fingerprint density at radius 3 is 2.42 bits per heavy atom. The van der Waals surface area contributed by atoms with Gasteiger partial charge in [-0.3, -0.25) is 10.1 Å². The van der Waals surface area contributed by atoms with Crippen molar-refractivity contribution in [1.29, 1.82) is 10.5 Å². The molecule has 26 heavy (non-hydrogen) atoms. The third-order valence-electron chi connectivity index (χ3n) is 3.98. The van der Waals surface area contributed by atoms with E-state index in [1.807, 2.05) is 6.07 Å². The number of rotatable bonds is 4. The zero-order valence-electron chi connectivity index (χ0n) is 14.9. The fourth-order valence-corrected chi connectivity index (χ4v) is 2.63. The van der Waals surface area contributed by atoms with Crippen molar-refractivity contribution >= 4 is 11.5 Å². The number of aryl methyl sites for hydroxylation is 1. The lowest BCUT2D eigenvalue weighted by molar-refractivity contribution is -0.384. The molecule has 0 aliphatic carbocycles. The van der Waals surface area contributed by atoms with E-state index in [-0.39, 0.29) is 28.0 Å². The summed E-state index contributed by atoms with van der Waals surface area (Å²) in [7, 11) is 0. The molecule has 132 valence electrons. The maximum Gasteiger partial charge on any atom is 0.270 e. The standard InChI is InChI=1S/C19H19N5O2/c1-19(2,3)8-7-16-14(10-20)17(15(11-21)18(22)23-16)12-5-4-6-13(9-12)24(25)26/h4-6,9H,7-8H2,1-3H3,(H2,22,23). The van der Waals surface area contributed by atoms with E-state index in [9.17, 15) is 20.6 Å². The van der Waals surface area contributed by atoms with Gasteiger partial charge in [-0.15, -0.1) is 0 Å². The van der Waals surface area contributed by atoms with Crippen LogP contribution >= 0.6 is 0 Å². The largest absolute Gasteiger partial charge is 0.383 e. The predicted molar refractivity (Wildman–Crippen MR) is 97.9 cm³/mol. The number of nitrogens with two attached hydrogens (primary N) is 1. The van der Waals surface area contributed by atoms with Gasteiger partial charge in [0.05, 0.1) is 16.2 Å². The molecule has 0 aliphatic heterocycles. The van der Waals surface area contributed by atoms with Gasteiger partial charge < -0.3 is 5.73 Å². The highest BCUT2D eigenvalue weighted by Crippen LogP contribution is 2.34. The molecule has 0 saturated carbocycles. The normalized spacial score (nSPS) is 10.8. The van der Waals surface area contributed by atoms with Crippen LogP contribution in [0.3, 0.4) is 0 Å². The number of hydrogen-bond acceptors (Lipinski definition) is 6. The maximum absolute atomic E-state index is 11.1. The van der Waals surface area contributed by atoms with E-state index in [0.29, 0.717) is 23.2 Å². The average molecular weight is 349 g/mol. The number of nitriles is 2. The van der Waals surface area contributed by atoms with Crippen molar-refractivity contribution in [3.63, 3.8) is 0 Å². The molecular weight excluding hydrogens is 330 g/mol. The second kappa shape index (κ2) is 7.20. The first-order valence-corrected chi connectivity index (χ1v) is 8.05. The Morgan fingerprint density at radius 1 is 1.23 bits per heavy atom. The summed E-state index contributed by atoms with van der Waals surface area (Å²) in [5.41, 5.74) is 7.36. The number of aromatic nitrogens is 1. The lowest BCUT2D eigenvalue weighted by Crippen LogP contribution is -2.11. The summed E-state index contributed by atoms with van der Waals surface area (Å²) >= 11 is 0. The van der Waals surface area contributed by atoms with Crippen molar-refractivity contribution in [2.75, 3.05) is 5.73 Å². The zero-order chi connectivity index (χ0) is 19.5. The molecule has 0 unspecified atom stereocenters. The number of nitrogens with zero attached hydrogens (tertiary/aromatic N) is 4. The smallest absolute Gasteiger partial charge is 0.270 e. The summed E-state index contributed by atoms with van der Waals surface area (Å²) in [6.07, 6.45) is 1.29. The number of benzene rings is 1. The summed E-state index contributed by atoms with van der Waals surface area (Å²) < 4.78 is 0. The van der Waals surface area contributed by atoms with E-state index < -0.39 is 4.92 Å². The molecule has 0 saturated heterocycles. The quantitative estimate of drug-likeness (QED) is 0.656. The Balaban J connectivity index is 2.73. The van der Waals surface area contributed by atoms with Crippen molar-refractivity contribution < 1.29 is 4.92 Å². The number of pyridine rings is 1. The second-order valence-corrected chi connectivity index (χ2v) is 7.16. The van der Waals surface area contributed by atoms with E-state index in [1.54, 1.807) is 6.07 Å². The summed E-state index contributed by atoms with van der Waals surface area (Å²) in [6.45, 7) is 6.23. The monoisotopic (exact) mass is 349 g/mol. The third kappa shape index (κ3) is 3.96. The van der Waals surface area contributed by atoms with E-state index >= 15 is 0 Å². The van der Waals surface area contributed by atoms with Gasteiger partial charge in [-0.05, 0) is 23.8 Å². The Labute approximate surface area is 151 Å². The Kier molecular flexibility index (Phi) is 5.23. The van der Waals surface area contributed by atoms with Crippen LogP contribution in [0.4, 0.5) is 11.5 Å². The number of anilines is 1. The van der Waals surface area contributed by atoms with Gasteiger partial charge in [0.25, 0.3) is 5.69 Å². The molecule has 2 aromatic rings. The van der Waals surface area contributed by atoms with Gasteiger partial charge in [0, 0.05) is 17.7 Å². The third-order valence-corrected chi connectivity index (χ3v) is 3.98. The molecule has 2 rings (SSSR count). The van der Waals surface area contributed by atoms with Gasteiger partial charge in [-0.2, -0.15) is 10.5 Å². The molecule has 2 N–H and O–H groups in total. The van der Waals surface area contributed by atoms with Crippen LogP contribution in [0.1, 0.15) is 44.0 Å². The summed E-state index contributed by atoms with van der Waals surface area (Å²) in [4.78, 5) is 14.8. The molecule has 0 spiro atoms. The minimum Gasteiger partial charge on any atom is -0.383 e. The van der Waals surface area contributed by atoms with Crippen LogP contribution in [0.5, 0.6) is 0 Å². The number of nitrogen functional groups attached to an aromatic ring is 1. The second-order valence-electron chi connectivity index (χ2n) is 7.16. The zero-order valence-corrected chi connectivity index (χ0v) is 14.9. The molecule has 1 aromatic heterocycles. The average Bonchev–Trinajstić information content (AvgIpc) is 2.58. The minimum atomic E-state index is -0.521. The lowest BCUT2D eigenvalue weighted by atomic mass is 9.87. The van der Waals surface area contributed by atoms with E-state index in [4.69, 9.17) is 5.73 Å². The van der Waals surface area contributed by atoms with Crippen molar-refractivity contribution in [1.82, 2.24) is 4.98 Å². The molecule has 1 aromatic carbocycles. The van der Waals surface area contributed by atoms with E-state index in [2.05, 4.69) is 31.8 Å². The van der Waals surface area contributed by atoms with Crippen molar-refractivity contribution in [2.45, 2.75) is 33.6 Å².